The fourth-order valence-corrected chi connectivity index (χ4v) is 6.30. The number of rotatable bonds is 3. The van der Waals surface area contributed by atoms with Gasteiger partial charge >= 0.3 is 0 Å². The van der Waals surface area contributed by atoms with E-state index in [0.717, 1.165) is 66.2 Å². The molecule has 202 valence electrons. The van der Waals surface area contributed by atoms with Crippen molar-refractivity contribution >= 4 is 49.3 Å². The highest BCUT2D eigenvalue weighted by Gasteiger charge is 2.20. The van der Waals surface area contributed by atoms with Gasteiger partial charge in [-0.25, -0.2) is 9.83 Å². The minimum absolute atomic E-state index is 0.566. The van der Waals surface area contributed by atoms with Crippen molar-refractivity contribution in [3.05, 3.63) is 144 Å². The van der Waals surface area contributed by atoms with Gasteiger partial charge in [-0.2, -0.15) is 10.5 Å². The van der Waals surface area contributed by atoms with Gasteiger partial charge < -0.3 is 4.57 Å². The van der Waals surface area contributed by atoms with E-state index in [0.29, 0.717) is 16.8 Å². The van der Waals surface area contributed by atoms with Crippen molar-refractivity contribution in [3.8, 4) is 34.8 Å². The van der Waals surface area contributed by atoms with Gasteiger partial charge in [0, 0.05) is 21.7 Å². The first kappa shape index (κ1) is 25.1. The van der Waals surface area contributed by atoms with E-state index in [-0.39, 0.29) is 0 Å². The minimum Gasteiger partial charge on any atom is -0.307 e. The lowest BCUT2D eigenvalue weighted by molar-refractivity contribution is 1.06. The summed E-state index contributed by atoms with van der Waals surface area (Å²) >= 11 is 0. The van der Waals surface area contributed by atoms with E-state index in [1.807, 2.05) is 85.1 Å². The van der Waals surface area contributed by atoms with Crippen LogP contribution in [-0.2, 0) is 0 Å². The molecule has 0 aliphatic heterocycles. The molecule has 0 spiro atoms. The van der Waals surface area contributed by atoms with Crippen LogP contribution in [0.2, 0.25) is 0 Å². The molecule has 8 aromatic rings. The number of hydrogen-bond acceptors (Lipinski definition) is 3. The van der Waals surface area contributed by atoms with Crippen LogP contribution in [0.3, 0.4) is 0 Å². The van der Waals surface area contributed by atoms with E-state index in [1.54, 1.807) is 6.07 Å². The lowest BCUT2D eigenvalue weighted by Crippen LogP contribution is -2.03. The monoisotopic (exact) mass is 560 g/mol. The largest absolute Gasteiger partial charge is 0.307 e. The molecule has 0 saturated heterocycles. The van der Waals surface area contributed by atoms with Crippen LogP contribution in [0.15, 0.2) is 121 Å². The molecule has 0 radical (unpaired) electrons. The average molecular weight is 561 g/mol. The highest BCUT2D eigenvalue weighted by molar-refractivity contribution is 6.11. The standard InChI is InChI=1S/C38H20N6/c1-41-27-14-16-35-32(19-27)29-10-2-4-11-33(29)43(35)37-23-42-38(20-30(37)26-8-6-7-24(17-26)21-39)44-34-12-5-3-9-28(34)31-18-25(22-40)13-15-36(31)44/h2-20,23H. The fourth-order valence-electron chi connectivity index (χ4n) is 6.30. The topological polar surface area (TPSA) is 74.7 Å². The lowest BCUT2D eigenvalue weighted by atomic mass is 10.0. The van der Waals surface area contributed by atoms with Crippen LogP contribution in [-0.4, -0.2) is 14.1 Å². The molecule has 0 N–H and O–H groups in total. The average Bonchev–Trinajstić information content (AvgIpc) is 3.60. The zero-order valence-corrected chi connectivity index (χ0v) is 23.2. The van der Waals surface area contributed by atoms with Crippen LogP contribution < -0.4 is 0 Å². The maximum atomic E-state index is 9.76. The van der Waals surface area contributed by atoms with E-state index in [9.17, 15) is 10.5 Å². The molecule has 6 heteroatoms. The van der Waals surface area contributed by atoms with Crippen molar-refractivity contribution in [2.75, 3.05) is 0 Å². The molecule has 0 bridgehead atoms. The van der Waals surface area contributed by atoms with E-state index in [2.05, 4.69) is 56.4 Å². The summed E-state index contributed by atoms with van der Waals surface area (Å²) < 4.78 is 4.32. The summed E-state index contributed by atoms with van der Waals surface area (Å²) in [7, 11) is 0. The van der Waals surface area contributed by atoms with Crippen LogP contribution >= 0.6 is 0 Å². The Morgan fingerprint density at radius 2 is 1.23 bits per heavy atom. The number of hydrogen-bond donors (Lipinski definition) is 0. The van der Waals surface area contributed by atoms with Gasteiger partial charge in [-0.15, -0.1) is 0 Å². The van der Waals surface area contributed by atoms with Crippen molar-refractivity contribution in [1.82, 2.24) is 14.1 Å². The number of nitriles is 2. The van der Waals surface area contributed by atoms with Crippen molar-refractivity contribution in [2.24, 2.45) is 0 Å². The lowest BCUT2D eigenvalue weighted by Gasteiger charge is -2.16. The zero-order chi connectivity index (χ0) is 29.8. The van der Waals surface area contributed by atoms with E-state index >= 15 is 0 Å². The first-order chi connectivity index (χ1) is 21.7. The highest BCUT2D eigenvalue weighted by Crippen LogP contribution is 2.39. The van der Waals surface area contributed by atoms with Crippen LogP contribution in [0.5, 0.6) is 0 Å². The molecule has 0 aliphatic carbocycles. The molecule has 5 aromatic carbocycles. The van der Waals surface area contributed by atoms with Crippen molar-refractivity contribution in [2.45, 2.75) is 0 Å². The van der Waals surface area contributed by atoms with E-state index in [1.165, 1.54) is 0 Å². The van der Waals surface area contributed by atoms with Crippen molar-refractivity contribution < 1.29 is 0 Å². The Balaban J connectivity index is 1.47. The first-order valence-electron chi connectivity index (χ1n) is 14.0. The number of benzene rings is 5. The van der Waals surface area contributed by atoms with Gasteiger partial charge in [0.25, 0.3) is 0 Å². The second-order valence-electron chi connectivity index (χ2n) is 10.6. The molecule has 0 amide bonds. The van der Waals surface area contributed by atoms with Crippen LogP contribution in [0, 0.1) is 29.2 Å². The minimum atomic E-state index is 0.566. The van der Waals surface area contributed by atoms with Crippen LogP contribution in [0.4, 0.5) is 5.69 Å². The third-order valence-corrected chi connectivity index (χ3v) is 8.23. The molecule has 44 heavy (non-hydrogen) atoms. The normalized spacial score (nSPS) is 11.1. The number of para-hydroxylation sites is 2. The predicted octanol–water partition coefficient (Wildman–Crippen LogP) is 9.24. The molecule has 0 saturated carbocycles. The second kappa shape index (κ2) is 9.71. The third-order valence-electron chi connectivity index (χ3n) is 8.23. The molecule has 0 unspecified atom stereocenters. The number of aromatic nitrogens is 3. The summed E-state index contributed by atoms with van der Waals surface area (Å²) in [6, 6.07) is 42.1. The molecule has 3 aromatic heterocycles. The van der Waals surface area contributed by atoms with Gasteiger partial charge in [0.15, 0.2) is 5.69 Å². The molecule has 0 atom stereocenters. The maximum absolute atomic E-state index is 9.76. The Bertz CT molecular complexity index is 2600. The molecule has 3 heterocycles. The SMILES string of the molecule is [C-]#[N+]c1ccc2c(c1)c1ccccc1n2-c1cnc(-n2c3ccccc3c3cc(C#N)ccc32)cc1-c1cccc(C#N)c1. The molecule has 8 rings (SSSR count). The highest BCUT2D eigenvalue weighted by atomic mass is 15.1. The summed E-state index contributed by atoms with van der Waals surface area (Å²) in [5, 5.41) is 23.4. The summed E-state index contributed by atoms with van der Waals surface area (Å²) in [5.41, 5.74) is 8.30. The third kappa shape index (κ3) is 3.68. The van der Waals surface area contributed by atoms with Gasteiger partial charge in [-0.1, -0.05) is 54.6 Å². The van der Waals surface area contributed by atoms with Gasteiger partial charge in [0.05, 0.1) is 63.8 Å². The molecule has 6 nitrogen and oxygen atoms in total. The van der Waals surface area contributed by atoms with Gasteiger partial charge in [0.1, 0.15) is 5.82 Å². The van der Waals surface area contributed by atoms with Crippen LogP contribution in [0.25, 0.3) is 71.1 Å². The number of pyridine rings is 1. The fraction of sp³-hybridized carbons (Fsp3) is 0. The predicted molar refractivity (Wildman–Crippen MR) is 174 cm³/mol. The summed E-state index contributed by atoms with van der Waals surface area (Å²) in [6.45, 7) is 7.58. The molecule has 0 fully saturated rings. The quantitative estimate of drug-likeness (QED) is 0.202. The second-order valence-corrected chi connectivity index (χ2v) is 10.6. The summed E-state index contributed by atoms with van der Waals surface area (Å²) in [4.78, 5) is 8.73. The Morgan fingerprint density at radius 1 is 0.591 bits per heavy atom. The molecular weight excluding hydrogens is 540 g/mol. The Hall–Kier alpha value is -6.68. The van der Waals surface area contributed by atoms with Gasteiger partial charge in [-0.05, 0) is 71.6 Å². The Morgan fingerprint density at radius 3 is 1.98 bits per heavy atom. The van der Waals surface area contributed by atoms with Crippen molar-refractivity contribution in [3.63, 3.8) is 0 Å². The Kier molecular flexibility index (Phi) is 5.53. The smallest absolute Gasteiger partial charge is 0.188 e. The Labute approximate surface area is 252 Å². The number of fused-ring (bicyclic) bond motifs is 6. The first-order valence-corrected chi connectivity index (χ1v) is 14.0. The summed E-state index contributed by atoms with van der Waals surface area (Å²) in [6.07, 6.45) is 1.89. The molecule has 0 aliphatic rings. The van der Waals surface area contributed by atoms with Gasteiger partial charge in [-0.3, -0.25) is 4.57 Å². The van der Waals surface area contributed by atoms with Crippen LogP contribution in [0.1, 0.15) is 11.1 Å². The van der Waals surface area contributed by atoms with E-state index in [4.69, 9.17) is 11.6 Å². The molecular formula is C38H20N6. The van der Waals surface area contributed by atoms with Gasteiger partial charge in [0.2, 0.25) is 0 Å². The van der Waals surface area contributed by atoms with Crippen molar-refractivity contribution in [1.29, 1.82) is 10.5 Å². The number of nitrogens with zero attached hydrogens (tertiary/aromatic N) is 6. The van der Waals surface area contributed by atoms with E-state index < -0.39 is 0 Å². The summed E-state index contributed by atoms with van der Waals surface area (Å²) in [5.74, 6) is 0.720. The maximum Gasteiger partial charge on any atom is 0.188 e. The zero-order valence-electron chi connectivity index (χ0n) is 23.2.